The van der Waals surface area contributed by atoms with Crippen molar-refractivity contribution in [3.05, 3.63) is 24.3 Å². The van der Waals surface area contributed by atoms with Gasteiger partial charge in [-0.15, -0.1) is 0 Å². The summed E-state index contributed by atoms with van der Waals surface area (Å²) in [7, 11) is 1.58. The van der Waals surface area contributed by atoms with E-state index in [4.69, 9.17) is 4.74 Å². The van der Waals surface area contributed by atoms with Gasteiger partial charge in [-0.1, -0.05) is 0 Å². The first-order chi connectivity index (χ1) is 14.1. The van der Waals surface area contributed by atoms with Crippen LogP contribution >= 0.6 is 0 Å². The normalized spacial score (nSPS) is 23.8. The van der Waals surface area contributed by atoms with Crippen LogP contribution in [0.4, 0.5) is 5.69 Å². The molecule has 1 atom stereocenters. The van der Waals surface area contributed by atoms with Crippen LogP contribution in [-0.2, 0) is 14.4 Å². The Morgan fingerprint density at radius 1 is 1.00 bits per heavy atom. The highest BCUT2D eigenvalue weighted by Gasteiger charge is 2.43. The van der Waals surface area contributed by atoms with Gasteiger partial charge in [0.2, 0.25) is 11.8 Å². The van der Waals surface area contributed by atoms with Crippen molar-refractivity contribution in [1.29, 1.82) is 0 Å². The molecule has 3 fully saturated rings. The highest BCUT2D eigenvalue weighted by atomic mass is 16.5. The molecule has 0 N–H and O–H groups in total. The highest BCUT2D eigenvalue weighted by molar-refractivity contribution is 6.22. The first kappa shape index (κ1) is 19.8. The predicted octanol–water partition coefficient (Wildman–Crippen LogP) is 0.567. The van der Waals surface area contributed by atoms with E-state index in [-0.39, 0.29) is 24.1 Å². The van der Waals surface area contributed by atoms with Crippen molar-refractivity contribution in [2.45, 2.75) is 25.3 Å². The number of benzene rings is 1. The standard InChI is InChI=1S/C21H28N4O4/c1-29-17-6-4-16(5-7-17)25-19(26)14-18(21(25)28)23-10-12-24(13-11-23)20(27)15-22-8-2-3-9-22/h4-7,18H,2-3,8-15H2,1H3/t18-/m0/s1. The summed E-state index contributed by atoms with van der Waals surface area (Å²) in [6, 6.07) is 6.50. The zero-order valence-corrected chi connectivity index (χ0v) is 16.9. The molecule has 3 saturated heterocycles. The topological polar surface area (TPSA) is 73.4 Å². The van der Waals surface area contributed by atoms with Gasteiger partial charge in [-0.3, -0.25) is 24.2 Å². The predicted molar refractivity (Wildman–Crippen MR) is 108 cm³/mol. The van der Waals surface area contributed by atoms with E-state index >= 15 is 0 Å². The van der Waals surface area contributed by atoms with Crippen molar-refractivity contribution in [1.82, 2.24) is 14.7 Å². The zero-order valence-electron chi connectivity index (χ0n) is 16.9. The van der Waals surface area contributed by atoms with Crippen LogP contribution < -0.4 is 9.64 Å². The number of nitrogens with zero attached hydrogens (tertiary/aromatic N) is 4. The molecule has 3 heterocycles. The largest absolute Gasteiger partial charge is 0.497 e. The lowest BCUT2D eigenvalue weighted by Crippen LogP contribution is -2.55. The van der Waals surface area contributed by atoms with Gasteiger partial charge >= 0.3 is 0 Å². The van der Waals surface area contributed by atoms with Gasteiger partial charge in [0.25, 0.3) is 5.91 Å². The van der Waals surface area contributed by atoms with Gasteiger partial charge in [0.15, 0.2) is 0 Å². The van der Waals surface area contributed by atoms with E-state index in [2.05, 4.69) is 4.90 Å². The van der Waals surface area contributed by atoms with Gasteiger partial charge < -0.3 is 9.64 Å². The number of amides is 3. The SMILES string of the molecule is COc1ccc(N2C(=O)C[C@H](N3CCN(C(=O)CN4CCCC4)CC3)C2=O)cc1. The zero-order chi connectivity index (χ0) is 20.4. The number of hydrogen-bond acceptors (Lipinski definition) is 6. The molecular formula is C21H28N4O4. The fourth-order valence-corrected chi connectivity index (χ4v) is 4.42. The third-order valence-corrected chi connectivity index (χ3v) is 6.12. The van der Waals surface area contributed by atoms with Crippen molar-refractivity contribution in [3.8, 4) is 5.75 Å². The van der Waals surface area contributed by atoms with E-state index in [1.165, 1.54) is 17.7 Å². The van der Waals surface area contributed by atoms with Gasteiger partial charge in [0.05, 0.1) is 31.8 Å². The Hall–Kier alpha value is -2.45. The molecule has 1 aromatic carbocycles. The molecule has 29 heavy (non-hydrogen) atoms. The summed E-state index contributed by atoms with van der Waals surface area (Å²) in [4.78, 5) is 45.4. The maximum Gasteiger partial charge on any atom is 0.251 e. The third kappa shape index (κ3) is 4.13. The maximum atomic E-state index is 13.0. The van der Waals surface area contributed by atoms with Crippen LogP contribution in [0.5, 0.6) is 5.75 Å². The Kier molecular flexibility index (Phi) is 5.82. The van der Waals surface area contributed by atoms with Crippen molar-refractivity contribution < 1.29 is 19.1 Å². The first-order valence-electron chi connectivity index (χ1n) is 10.3. The van der Waals surface area contributed by atoms with E-state index in [0.717, 1.165) is 13.1 Å². The van der Waals surface area contributed by atoms with Crippen LogP contribution in [0.15, 0.2) is 24.3 Å². The second-order valence-corrected chi connectivity index (χ2v) is 7.89. The number of piperazine rings is 1. The molecule has 8 nitrogen and oxygen atoms in total. The van der Waals surface area contributed by atoms with Gasteiger partial charge in [-0.2, -0.15) is 0 Å². The fourth-order valence-electron chi connectivity index (χ4n) is 4.42. The second kappa shape index (κ2) is 8.51. The first-order valence-corrected chi connectivity index (χ1v) is 10.3. The summed E-state index contributed by atoms with van der Waals surface area (Å²) in [5.74, 6) is 0.481. The Balaban J connectivity index is 1.34. The fraction of sp³-hybridized carbons (Fsp3) is 0.571. The number of rotatable bonds is 5. The lowest BCUT2D eigenvalue weighted by atomic mass is 10.1. The molecule has 156 valence electrons. The van der Waals surface area contributed by atoms with E-state index < -0.39 is 6.04 Å². The van der Waals surface area contributed by atoms with E-state index in [1.807, 2.05) is 9.80 Å². The van der Waals surface area contributed by atoms with Crippen LogP contribution in [0.25, 0.3) is 0 Å². The molecule has 3 aliphatic rings. The monoisotopic (exact) mass is 400 g/mol. The van der Waals surface area contributed by atoms with Gasteiger partial charge in [-0.05, 0) is 50.2 Å². The summed E-state index contributed by atoms with van der Waals surface area (Å²) in [5.41, 5.74) is 0.572. The Bertz CT molecular complexity index is 767. The van der Waals surface area contributed by atoms with Crippen LogP contribution in [0, 0.1) is 0 Å². The summed E-state index contributed by atoms with van der Waals surface area (Å²) < 4.78 is 5.14. The number of ether oxygens (including phenoxy) is 1. The molecule has 1 aromatic rings. The molecule has 0 bridgehead atoms. The number of hydrogen-bond donors (Lipinski definition) is 0. The van der Waals surface area contributed by atoms with Crippen molar-refractivity contribution in [2.24, 2.45) is 0 Å². The van der Waals surface area contributed by atoms with E-state index in [0.29, 0.717) is 44.2 Å². The number of methoxy groups -OCH3 is 1. The quantitative estimate of drug-likeness (QED) is 0.673. The van der Waals surface area contributed by atoms with Crippen LogP contribution in [-0.4, -0.2) is 91.4 Å². The van der Waals surface area contributed by atoms with E-state index in [9.17, 15) is 14.4 Å². The molecular weight excluding hydrogens is 372 g/mol. The van der Waals surface area contributed by atoms with Crippen LogP contribution in [0.1, 0.15) is 19.3 Å². The second-order valence-electron chi connectivity index (χ2n) is 7.89. The summed E-state index contributed by atoms with van der Waals surface area (Å²) in [5, 5.41) is 0. The smallest absolute Gasteiger partial charge is 0.251 e. The Morgan fingerprint density at radius 2 is 1.66 bits per heavy atom. The number of carbonyl (C=O) groups excluding carboxylic acids is 3. The molecule has 3 aliphatic heterocycles. The summed E-state index contributed by atoms with van der Waals surface area (Å²) >= 11 is 0. The molecule has 0 saturated carbocycles. The molecule has 0 spiro atoms. The van der Waals surface area contributed by atoms with Crippen molar-refractivity contribution in [2.75, 3.05) is 57.8 Å². The van der Waals surface area contributed by atoms with Crippen molar-refractivity contribution >= 4 is 23.4 Å². The summed E-state index contributed by atoms with van der Waals surface area (Å²) in [6.07, 6.45) is 2.53. The molecule has 0 aromatic heterocycles. The van der Waals surface area contributed by atoms with Gasteiger partial charge in [0.1, 0.15) is 5.75 Å². The van der Waals surface area contributed by atoms with E-state index in [1.54, 1.807) is 31.4 Å². The maximum absolute atomic E-state index is 13.0. The highest BCUT2D eigenvalue weighted by Crippen LogP contribution is 2.27. The van der Waals surface area contributed by atoms with Crippen LogP contribution in [0.2, 0.25) is 0 Å². The molecule has 4 rings (SSSR count). The summed E-state index contributed by atoms with van der Waals surface area (Å²) in [6.45, 7) is 4.95. The lowest BCUT2D eigenvalue weighted by Gasteiger charge is -2.37. The molecule has 0 unspecified atom stereocenters. The van der Waals surface area contributed by atoms with Gasteiger partial charge in [-0.25, -0.2) is 4.90 Å². The average Bonchev–Trinajstić information content (AvgIpc) is 3.35. The molecule has 3 amide bonds. The number of anilines is 1. The molecule has 8 heteroatoms. The van der Waals surface area contributed by atoms with Crippen LogP contribution in [0.3, 0.4) is 0 Å². The average molecular weight is 400 g/mol. The number of likely N-dealkylation sites (tertiary alicyclic amines) is 1. The minimum absolute atomic E-state index is 0.167. The van der Waals surface area contributed by atoms with Crippen molar-refractivity contribution in [3.63, 3.8) is 0 Å². The Labute approximate surface area is 171 Å². The molecule has 0 aliphatic carbocycles. The molecule has 0 radical (unpaired) electrons. The lowest BCUT2D eigenvalue weighted by molar-refractivity contribution is -0.134. The number of carbonyl (C=O) groups is 3. The Morgan fingerprint density at radius 3 is 2.28 bits per heavy atom. The minimum atomic E-state index is -0.444. The number of imide groups is 1. The van der Waals surface area contributed by atoms with Gasteiger partial charge in [0, 0.05) is 26.2 Å². The third-order valence-electron chi connectivity index (χ3n) is 6.12. The minimum Gasteiger partial charge on any atom is -0.497 e.